The molecule has 0 bridgehead atoms. The summed E-state index contributed by atoms with van der Waals surface area (Å²) in [6.45, 7) is 5.73. The number of hydrogen-bond acceptors (Lipinski definition) is 6. The van der Waals surface area contributed by atoms with Crippen molar-refractivity contribution in [1.82, 2.24) is 14.4 Å². The molecular formula is C13H21N3O4S. The van der Waals surface area contributed by atoms with E-state index in [-0.39, 0.29) is 17.0 Å². The summed E-state index contributed by atoms with van der Waals surface area (Å²) < 4.78 is 38.4. The highest BCUT2D eigenvalue weighted by atomic mass is 32.2. The van der Waals surface area contributed by atoms with Crippen LogP contribution in [0.25, 0.3) is 0 Å². The number of aryl methyl sites for hydroxylation is 2. The zero-order valence-electron chi connectivity index (χ0n) is 12.6. The standard InChI is InChI=1S/C13H21N3O4S/c1-9-13(10(2)20-14-9)21(17,18)16-6-7-19-12-4-5-15(3)8-11(12)16/h11-12H,4-8H2,1-3H3/t11-,12+/m0/s1. The number of ether oxygens (including phenoxy) is 1. The summed E-state index contributed by atoms with van der Waals surface area (Å²) in [7, 11) is -1.60. The molecule has 0 N–H and O–H groups in total. The van der Waals surface area contributed by atoms with Crippen molar-refractivity contribution in [1.29, 1.82) is 0 Å². The van der Waals surface area contributed by atoms with Crippen molar-refractivity contribution in [2.24, 2.45) is 0 Å². The maximum Gasteiger partial charge on any atom is 0.248 e. The molecule has 3 heterocycles. The molecule has 3 rings (SSSR count). The van der Waals surface area contributed by atoms with Gasteiger partial charge in [-0.15, -0.1) is 0 Å². The number of aromatic nitrogens is 1. The van der Waals surface area contributed by atoms with Gasteiger partial charge in [0.1, 0.15) is 10.6 Å². The van der Waals surface area contributed by atoms with Gasteiger partial charge in [0.05, 0.1) is 18.8 Å². The molecule has 0 aliphatic carbocycles. The lowest BCUT2D eigenvalue weighted by molar-refractivity contribution is -0.0720. The molecule has 8 heteroatoms. The Morgan fingerprint density at radius 2 is 2.05 bits per heavy atom. The highest BCUT2D eigenvalue weighted by Gasteiger charge is 2.43. The third-order valence-corrected chi connectivity index (χ3v) is 6.44. The highest BCUT2D eigenvalue weighted by molar-refractivity contribution is 7.89. The number of morpholine rings is 1. The molecule has 0 spiro atoms. The third-order valence-electron chi connectivity index (χ3n) is 4.27. The van der Waals surface area contributed by atoms with Crippen molar-refractivity contribution in [3.8, 4) is 0 Å². The van der Waals surface area contributed by atoms with Crippen LogP contribution < -0.4 is 0 Å². The van der Waals surface area contributed by atoms with Gasteiger partial charge in [-0.3, -0.25) is 0 Å². The number of sulfonamides is 1. The van der Waals surface area contributed by atoms with E-state index in [2.05, 4.69) is 10.1 Å². The molecule has 118 valence electrons. The molecule has 0 aromatic carbocycles. The first kappa shape index (κ1) is 15.0. The predicted octanol–water partition coefficient (Wildman–Crippen LogP) is 0.385. The van der Waals surface area contributed by atoms with E-state index in [4.69, 9.17) is 9.26 Å². The van der Waals surface area contributed by atoms with Crippen LogP contribution in [0.1, 0.15) is 17.9 Å². The SMILES string of the molecule is Cc1noc(C)c1S(=O)(=O)N1CCO[C@@H]2CCN(C)C[C@@H]21. The number of nitrogens with zero attached hydrogens (tertiary/aromatic N) is 3. The van der Waals surface area contributed by atoms with Crippen molar-refractivity contribution in [2.45, 2.75) is 37.3 Å². The summed E-state index contributed by atoms with van der Waals surface area (Å²) in [6, 6.07) is -0.142. The van der Waals surface area contributed by atoms with Crippen LogP contribution in [0.3, 0.4) is 0 Å². The van der Waals surface area contributed by atoms with Crippen LogP contribution in [-0.2, 0) is 14.8 Å². The predicted molar refractivity (Wildman–Crippen MR) is 75.5 cm³/mol. The molecule has 21 heavy (non-hydrogen) atoms. The fraction of sp³-hybridized carbons (Fsp3) is 0.769. The molecule has 0 saturated carbocycles. The van der Waals surface area contributed by atoms with Crippen LogP contribution in [-0.4, -0.2) is 68.2 Å². The zero-order valence-corrected chi connectivity index (χ0v) is 13.4. The van der Waals surface area contributed by atoms with Crippen LogP contribution in [0.4, 0.5) is 0 Å². The largest absolute Gasteiger partial charge is 0.375 e. The Morgan fingerprint density at radius 1 is 1.29 bits per heavy atom. The first-order valence-electron chi connectivity index (χ1n) is 7.16. The van der Waals surface area contributed by atoms with E-state index in [9.17, 15) is 8.42 Å². The first-order valence-corrected chi connectivity index (χ1v) is 8.60. The second-order valence-electron chi connectivity index (χ2n) is 5.80. The normalized spacial score (nSPS) is 28.5. The lowest BCUT2D eigenvalue weighted by atomic mass is 10.0. The van der Waals surface area contributed by atoms with E-state index in [1.165, 1.54) is 0 Å². The molecule has 0 radical (unpaired) electrons. The number of likely N-dealkylation sites (tertiary alicyclic amines) is 1. The second kappa shape index (κ2) is 5.35. The molecule has 2 saturated heterocycles. The van der Waals surface area contributed by atoms with Crippen LogP contribution in [0.5, 0.6) is 0 Å². The maximum absolute atomic E-state index is 13.0. The van der Waals surface area contributed by atoms with Crippen molar-refractivity contribution in [3.63, 3.8) is 0 Å². The van der Waals surface area contributed by atoms with E-state index in [1.54, 1.807) is 18.2 Å². The molecule has 2 fully saturated rings. The Labute approximate surface area is 124 Å². The fourth-order valence-corrected chi connectivity index (χ4v) is 5.18. The molecule has 0 unspecified atom stereocenters. The van der Waals surface area contributed by atoms with E-state index in [0.717, 1.165) is 13.0 Å². The van der Waals surface area contributed by atoms with Gasteiger partial charge in [0.15, 0.2) is 5.76 Å². The monoisotopic (exact) mass is 315 g/mol. The Kier molecular flexibility index (Phi) is 3.81. The number of piperidine rings is 1. The minimum Gasteiger partial charge on any atom is -0.375 e. The molecular weight excluding hydrogens is 294 g/mol. The molecule has 1 aromatic rings. The van der Waals surface area contributed by atoms with E-state index in [0.29, 0.717) is 31.2 Å². The topological polar surface area (TPSA) is 75.9 Å². The van der Waals surface area contributed by atoms with E-state index in [1.807, 2.05) is 7.05 Å². The van der Waals surface area contributed by atoms with Gasteiger partial charge < -0.3 is 14.2 Å². The summed E-state index contributed by atoms with van der Waals surface area (Å²) >= 11 is 0. The summed E-state index contributed by atoms with van der Waals surface area (Å²) in [4.78, 5) is 2.35. The number of fused-ring (bicyclic) bond motifs is 1. The van der Waals surface area contributed by atoms with Gasteiger partial charge in [-0.2, -0.15) is 4.31 Å². The smallest absolute Gasteiger partial charge is 0.248 e. The van der Waals surface area contributed by atoms with Gasteiger partial charge in [0.25, 0.3) is 0 Å². The summed E-state index contributed by atoms with van der Waals surface area (Å²) in [5, 5.41) is 3.77. The Bertz CT molecular complexity index is 608. The average molecular weight is 315 g/mol. The quantitative estimate of drug-likeness (QED) is 0.785. The van der Waals surface area contributed by atoms with E-state index < -0.39 is 10.0 Å². The summed E-state index contributed by atoms with van der Waals surface area (Å²) in [6.07, 6.45) is 0.833. The van der Waals surface area contributed by atoms with Gasteiger partial charge in [-0.05, 0) is 27.3 Å². The van der Waals surface area contributed by atoms with Gasteiger partial charge in [-0.25, -0.2) is 8.42 Å². The zero-order chi connectivity index (χ0) is 15.2. The fourth-order valence-electron chi connectivity index (χ4n) is 3.26. The molecule has 7 nitrogen and oxygen atoms in total. The average Bonchev–Trinajstić information content (AvgIpc) is 2.77. The van der Waals surface area contributed by atoms with Crippen LogP contribution >= 0.6 is 0 Å². The lowest BCUT2D eigenvalue weighted by Crippen LogP contribution is -2.60. The Balaban J connectivity index is 1.97. The Morgan fingerprint density at radius 3 is 2.71 bits per heavy atom. The highest BCUT2D eigenvalue weighted by Crippen LogP contribution is 2.30. The first-order chi connectivity index (χ1) is 9.91. The number of rotatable bonds is 2. The lowest BCUT2D eigenvalue weighted by Gasteiger charge is -2.45. The minimum absolute atomic E-state index is 0.0230. The second-order valence-corrected chi connectivity index (χ2v) is 7.62. The molecule has 1 aromatic heterocycles. The van der Waals surface area contributed by atoms with Crippen LogP contribution in [0.15, 0.2) is 9.42 Å². The van der Waals surface area contributed by atoms with Crippen molar-refractivity contribution in [2.75, 3.05) is 33.3 Å². The van der Waals surface area contributed by atoms with Crippen molar-refractivity contribution in [3.05, 3.63) is 11.5 Å². The molecule has 0 amide bonds. The molecule has 2 atom stereocenters. The van der Waals surface area contributed by atoms with Gasteiger partial charge in [-0.1, -0.05) is 5.16 Å². The third kappa shape index (κ3) is 2.50. The van der Waals surface area contributed by atoms with E-state index >= 15 is 0 Å². The molecule has 2 aliphatic heterocycles. The van der Waals surface area contributed by atoms with Gasteiger partial charge in [0, 0.05) is 19.6 Å². The minimum atomic E-state index is -3.60. The van der Waals surface area contributed by atoms with Gasteiger partial charge in [0.2, 0.25) is 10.0 Å². The number of hydrogen-bond donors (Lipinski definition) is 0. The van der Waals surface area contributed by atoms with Crippen LogP contribution in [0, 0.1) is 13.8 Å². The van der Waals surface area contributed by atoms with Crippen molar-refractivity contribution >= 4 is 10.0 Å². The van der Waals surface area contributed by atoms with Gasteiger partial charge >= 0.3 is 0 Å². The maximum atomic E-state index is 13.0. The number of likely N-dealkylation sites (N-methyl/N-ethyl adjacent to an activating group) is 1. The summed E-state index contributed by atoms with van der Waals surface area (Å²) in [5.41, 5.74) is 0.416. The van der Waals surface area contributed by atoms with Crippen molar-refractivity contribution < 1.29 is 17.7 Å². The molecule has 2 aliphatic rings. The Hall–Kier alpha value is -0.960. The summed E-state index contributed by atoms with van der Waals surface area (Å²) in [5.74, 6) is 0.347. The van der Waals surface area contributed by atoms with Crippen LogP contribution in [0.2, 0.25) is 0 Å².